The summed E-state index contributed by atoms with van der Waals surface area (Å²) in [4.78, 5) is 21.6. The summed E-state index contributed by atoms with van der Waals surface area (Å²) < 4.78 is 19.9. The lowest BCUT2D eigenvalue weighted by Gasteiger charge is -2.11. The van der Waals surface area contributed by atoms with Gasteiger partial charge in [0.15, 0.2) is 0 Å². The standard InChI is InChI=1S/C14H20N2O5S/c1-9-2-3-11(13(17)18)8-10(9)4-6-22(16,21)7-5-12(15)14(19)20/h2-3,8,12,16H,4-7,15H2,1H3,(H,17,18)(H,19,20)/t12-,22?/m0/s1. The number of hydrogen-bond acceptors (Lipinski definition) is 5. The van der Waals surface area contributed by atoms with Gasteiger partial charge in [0.1, 0.15) is 6.04 Å². The summed E-state index contributed by atoms with van der Waals surface area (Å²) in [6, 6.07) is 3.55. The molecule has 0 aliphatic carbocycles. The van der Waals surface area contributed by atoms with E-state index in [-0.39, 0.29) is 23.5 Å². The minimum absolute atomic E-state index is 0.0220. The molecular weight excluding hydrogens is 308 g/mol. The summed E-state index contributed by atoms with van der Waals surface area (Å²) in [6.07, 6.45) is 0.281. The van der Waals surface area contributed by atoms with Crippen LogP contribution in [0.25, 0.3) is 0 Å². The number of aromatic carboxylic acids is 1. The second-order valence-corrected chi connectivity index (χ2v) is 7.59. The molecule has 122 valence electrons. The largest absolute Gasteiger partial charge is 0.480 e. The Morgan fingerprint density at radius 3 is 2.50 bits per heavy atom. The second kappa shape index (κ2) is 7.37. The molecule has 0 saturated carbocycles. The van der Waals surface area contributed by atoms with Crippen molar-refractivity contribution in [1.29, 1.82) is 4.78 Å². The van der Waals surface area contributed by atoms with Gasteiger partial charge in [-0.05, 0) is 43.0 Å². The van der Waals surface area contributed by atoms with E-state index in [1.54, 1.807) is 6.07 Å². The number of aryl methyl sites for hydroxylation is 2. The first-order chi connectivity index (χ1) is 10.1. The van der Waals surface area contributed by atoms with Crippen molar-refractivity contribution in [2.75, 3.05) is 11.5 Å². The molecule has 0 spiro atoms. The lowest BCUT2D eigenvalue weighted by molar-refractivity contribution is -0.138. The van der Waals surface area contributed by atoms with Crippen molar-refractivity contribution >= 4 is 21.7 Å². The van der Waals surface area contributed by atoms with Crippen LogP contribution in [-0.2, 0) is 20.9 Å². The minimum atomic E-state index is -2.95. The highest BCUT2D eigenvalue weighted by Gasteiger charge is 2.16. The summed E-state index contributed by atoms with van der Waals surface area (Å²) in [5.74, 6) is -2.26. The highest BCUT2D eigenvalue weighted by molar-refractivity contribution is 7.92. The third-order valence-corrected chi connectivity index (χ3v) is 5.13. The van der Waals surface area contributed by atoms with Crippen LogP contribution in [0.5, 0.6) is 0 Å². The lowest BCUT2D eigenvalue weighted by atomic mass is 10.0. The molecule has 0 saturated heterocycles. The van der Waals surface area contributed by atoms with E-state index in [2.05, 4.69) is 0 Å². The maximum atomic E-state index is 12.1. The van der Waals surface area contributed by atoms with Gasteiger partial charge < -0.3 is 15.9 Å². The van der Waals surface area contributed by atoms with E-state index in [0.717, 1.165) is 11.1 Å². The van der Waals surface area contributed by atoms with E-state index in [9.17, 15) is 13.8 Å². The Bertz CT molecular complexity index is 670. The van der Waals surface area contributed by atoms with Crippen LogP contribution in [0.3, 0.4) is 0 Å². The Morgan fingerprint density at radius 2 is 1.95 bits per heavy atom. The fraction of sp³-hybridized carbons (Fsp3) is 0.429. The van der Waals surface area contributed by atoms with Crippen molar-refractivity contribution in [3.63, 3.8) is 0 Å². The van der Waals surface area contributed by atoms with Crippen LogP contribution >= 0.6 is 0 Å². The molecule has 1 rings (SSSR count). The minimum Gasteiger partial charge on any atom is -0.480 e. The quantitative estimate of drug-likeness (QED) is 0.562. The lowest BCUT2D eigenvalue weighted by Crippen LogP contribution is -2.32. The van der Waals surface area contributed by atoms with Crippen molar-refractivity contribution in [3.8, 4) is 0 Å². The van der Waals surface area contributed by atoms with E-state index >= 15 is 0 Å². The second-order valence-electron chi connectivity index (χ2n) is 5.15. The number of aliphatic carboxylic acids is 1. The molecule has 0 aliphatic rings. The Balaban J connectivity index is 2.70. The van der Waals surface area contributed by atoms with Gasteiger partial charge in [-0.15, -0.1) is 0 Å². The molecule has 0 bridgehead atoms. The first-order valence-corrected chi connectivity index (χ1v) is 8.57. The predicted molar refractivity (Wildman–Crippen MR) is 82.7 cm³/mol. The van der Waals surface area contributed by atoms with Gasteiger partial charge in [-0.2, -0.15) is 0 Å². The van der Waals surface area contributed by atoms with Crippen molar-refractivity contribution in [2.24, 2.45) is 5.73 Å². The van der Waals surface area contributed by atoms with Gasteiger partial charge in [-0.25, -0.2) is 9.00 Å². The Morgan fingerprint density at radius 1 is 1.32 bits per heavy atom. The van der Waals surface area contributed by atoms with Crippen LogP contribution in [0.2, 0.25) is 0 Å². The summed E-state index contributed by atoms with van der Waals surface area (Å²) in [5, 5.41) is 17.6. The summed E-state index contributed by atoms with van der Waals surface area (Å²) in [7, 11) is -2.95. The molecule has 0 aromatic heterocycles. The number of nitrogens with one attached hydrogen (secondary N) is 1. The van der Waals surface area contributed by atoms with E-state index in [1.807, 2.05) is 6.92 Å². The van der Waals surface area contributed by atoms with Gasteiger partial charge in [-0.1, -0.05) is 6.07 Å². The average molecular weight is 328 g/mol. The van der Waals surface area contributed by atoms with Crippen molar-refractivity contribution < 1.29 is 24.0 Å². The molecule has 8 heteroatoms. The van der Waals surface area contributed by atoms with Crippen LogP contribution in [0, 0.1) is 11.7 Å². The monoisotopic (exact) mass is 328 g/mol. The molecule has 1 aromatic carbocycles. The molecular formula is C14H20N2O5S. The van der Waals surface area contributed by atoms with E-state index in [4.69, 9.17) is 20.7 Å². The Kier molecular flexibility index (Phi) is 6.07. The average Bonchev–Trinajstić information content (AvgIpc) is 2.43. The van der Waals surface area contributed by atoms with Crippen molar-refractivity contribution in [2.45, 2.75) is 25.8 Å². The Labute approximate surface area is 129 Å². The maximum Gasteiger partial charge on any atom is 0.335 e. The fourth-order valence-corrected chi connectivity index (χ4v) is 3.28. The van der Waals surface area contributed by atoms with Crippen LogP contribution in [-0.4, -0.2) is 43.9 Å². The molecule has 1 aromatic rings. The maximum absolute atomic E-state index is 12.1. The van der Waals surface area contributed by atoms with Gasteiger partial charge in [0.2, 0.25) is 0 Å². The predicted octanol–water partition coefficient (Wildman–Crippen LogP) is 1.08. The van der Waals surface area contributed by atoms with Crippen LogP contribution in [0.15, 0.2) is 18.2 Å². The number of carbonyl (C=O) groups is 2. The number of carboxylic acids is 2. The van der Waals surface area contributed by atoms with E-state index in [0.29, 0.717) is 6.42 Å². The highest BCUT2D eigenvalue weighted by atomic mass is 32.2. The van der Waals surface area contributed by atoms with Crippen LogP contribution in [0.1, 0.15) is 27.9 Å². The van der Waals surface area contributed by atoms with E-state index < -0.39 is 27.7 Å². The SMILES string of the molecule is Cc1ccc(C(=O)O)cc1CCS(=N)(=O)CC[C@H](N)C(=O)O. The number of rotatable bonds is 8. The molecule has 0 amide bonds. The molecule has 5 N–H and O–H groups in total. The van der Waals surface area contributed by atoms with Gasteiger partial charge in [0.05, 0.1) is 5.56 Å². The van der Waals surface area contributed by atoms with Crippen molar-refractivity contribution in [3.05, 3.63) is 34.9 Å². The molecule has 0 fully saturated rings. The zero-order valence-corrected chi connectivity index (χ0v) is 13.1. The van der Waals surface area contributed by atoms with E-state index in [1.165, 1.54) is 12.1 Å². The smallest absolute Gasteiger partial charge is 0.335 e. The molecule has 2 atom stereocenters. The van der Waals surface area contributed by atoms with Crippen molar-refractivity contribution in [1.82, 2.24) is 0 Å². The molecule has 1 unspecified atom stereocenters. The summed E-state index contributed by atoms with van der Waals surface area (Å²) in [5.41, 5.74) is 7.07. The normalized spacial score (nSPS) is 15.0. The first kappa shape index (κ1) is 18.1. The molecule has 7 nitrogen and oxygen atoms in total. The third-order valence-electron chi connectivity index (χ3n) is 3.37. The first-order valence-electron chi connectivity index (χ1n) is 6.68. The molecule has 0 radical (unpaired) electrons. The Hall–Kier alpha value is -1.93. The zero-order valence-electron chi connectivity index (χ0n) is 12.2. The highest BCUT2D eigenvalue weighted by Crippen LogP contribution is 2.14. The van der Waals surface area contributed by atoms with Crippen LogP contribution in [0.4, 0.5) is 0 Å². The number of carboxylic acid groups (broad SMARTS) is 2. The number of benzene rings is 1. The van der Waals surface area contributed by atoms with Gasteiger partial charge in [-0.3, -0.25) is 9.57 Å². The molecule has 0 aliphatic heterocycles. The number of nitrogens with two attached hydrogens (primary N) is 1. The van der Waals surface area contributed by atoms with Gasteiger partial charge in [0, 0.05) is 21.2 Å². The van der Waals surface area contributed by atoms with Crippen LogP contribution < -0.4 is 5.73 Å². The zero-order chi connectivity index (χ0) is 16.9. The topological polar surface area (TPSA) is 142 Å². The molecule has 0 heterocycles. The summed E-state index contributed by atoms with van der Waals surface area (Å²) in [6.45, 7) is 1.81. The fourth-order valence-electron chi connectivity index (χ4n) is 1.89. The third kappa shape index (κ3) is 5.45. The number of hydrogen-bond donors (Lipinski definition) is 4. The van der Waals surface area contributed by atoms with Gasteiger partial charge >= 0.3 is 11.9 Å². The molecule has 22 heavy (non-hydrogen) atoms. The summed E-state index contributed by atoms with van der Waals surface area (Å²) >= 11 is 0. The van der Waals surface area contributed by atoms with Gasteiger partial charge in [0.25, 0.3) is 0 Å².